The Morgan fingerprint density at radius 3 is 2.77 bits per heavy atom. The summed E-state index contributed by atoms with van der Waals surface area (Å²) >= 11 is 1.18. The lowest BCUT2D eigenvalue weighted by Crippen LogP contribution is -2.58. The molecule has 13 heteroatoms. The van der Waals surface area contributed by atoms with Crippen LogP contribution in [0.15, 0.2) is 47.5 Å². The average Bonchev–Trinajstić information content (AvgIpc) is 3.37. The highest BCUT2D eigenvalue weighted by atomic mass is 32.1. The van der Waals surface area contributed by atoms with Gasteiger partial charge in [-0.1, -0.05) is 6.07 Å². The molecule has 2 atom stereocenters. The lowest BCUT2D eigenvalue weighted by molar-refractivity contribution is -0.123. The van der Waals surface area contributed by atoms with Gasteiger partial charge in [0.15, 0.2) is 6.61 Å². The van der Waals surface area contributed by atoms with Gasteiger partial charge in [-0.15, -0.1) is 11.3 Å². The number of hydrogen-bond donors (Lipinski definition) is 3. The lowest BCUT2D eigenvalue weighted by Gasteiger charge is -2.39. The van der Waals surface area contributed by atoms with Gasteiger partial charge in [-0.2, -0.15) is 0 Å². The number of carbonyl (C=O) groups is 3. The van der Waals surface area contributed by atoms with Gasteiger partial charge in [0.2, 0.25) is 0 Å². The van der Waals surface area contributed by atoms with Gasteiger partial charge in [-0.25, -0.2) is 4.98 Å². The van der Waals surface area contributed by atoms with Crippen molar-refractivity contribution in [1.82, 2.24) is 25.5 Å². The fraction of sp³-hybridized carbons (Fsp3) is 0.323. The maximum Gasteiger partial charge on any atom is 0.264 e. The highest BCUT2D eigenvalue weighted by Gasteiger charge is 2.36. The topological polar surface area (TPSA) is 152 Å². The number of methoxy groups -OCH3 is 1. The fourth-order valence-corrected chi connectivity index (χ4v) is 6.59. The van der Waals surface area contributed by atoms with E-state index >= 15 is 0 Å². The van der Waals surface area contributed by atoms with Crippen LogP contribution in [0.25, 0.3) is 10.2 Å². The Morgan fingerprint density at radius 2 is 1.98 bits per heavy atom. The van der Waals surface area contributed by atoms with Crippen LogP contribution in [0.2, 0.25) is 0 Å². The van der Waals surface area contributed by atoms with Crippen LogP contribution in [0.3, 0.4) is 0 Å². The first-order valence-electron chi connectivity index (χ1n) is 14.1. The van der Waals surface area contributed by atoms with Crippen LogP contribution < -0.4 is 30.4 Å². The standard InChI is InChI=1S/C31H31N5O7S/c1-16-4-5-18-10-23(16)42-14-25(37)32-12-19-6-7-20(11-24(19)41-3)43-22-8-9-36(13-21(22)35-28(18)38)31(40)27-17(2)26-29(39)33-15-34-30(26)44-27/h4-7,10-11,15,21-22H,8-9,12-14H2,1-3H3,(H,32,37)(H,35,38)(H,33,34,39)/t21-,22+/m0/s1. The molecule has 7 rings (SSSR count). The van der Waals surface area contributed by atoms with Gasteiger partial charge >= 0.3 is 0 Å². The maximum absolute atomic E-state index is 13.8. The number of nitrogens with one attached hydrogen (secondary N) is 3. The van der Waals surface area contributed by atoms with Crippen LogP contribution in [0.1, 0.15) is 43.1 Å². The van der Waals surface area contributed by atoms with E-state index in [1.165, 1.54) is 24.8 Å². The lowest BCUT2D eigenvalue weighted by atomic mass is 10.00. The van der Waals surface area contributed by atoms with E-state index in [1.54, 1.807) is 42.2 Å². The number of piperidine rings is 1. The molecule has 3 aliphatic rings. The molecule has 1 fully saturated rings. The van der Waals surface area contributed by atoms with Crippen molar-refractivity contribution in [2.75, 3.05) is 26.8 Å². The third-order valence-corrected chi connectivity index (χ3v) is 9.10. The minimum Gasteiger partial charge on any atom is -0.496 e. The van der Waals surface area contributed by atoms with Crippen molar-refractivity contribution in [3.63, 3.8) is 0 Å². The van der Waals surface area contributed by atoms with Crippen molar-refractivity contribution in [3.8, 4) is 17.2 Å². The monoisotopic (exact) mass is 617 g/mol. The van der Waals surface area contributed by atoms with Crippen LogP contribution >= 0.6 is 11.3 Å². The van der Waals surface area contributed by atoms with E-state index in [9.17, 15) is 19.2 Å². The summed E-state index contributed by atoms with van der Waals surface area (Å²) in [5.41, 5.74) is 2.15. The Morgan fingerprint density at radius 1 is 1.14 bits per heavy atom. The van der Waals surface area contributed by atoms with Gasteiger partial charge in [0.05, 0.1) is 29.7 Å². The minimum absolute atomic E-state index is 0.176. The Labute approximate surface area is 256 Å². The first-order chi connectivity index (χ1) is 21.2. The number of nitrogens with zero attached hydrogens (tertiary/aromatic N) is 2. The van der Waals surface area contributed by atoms with Crippen LogP contribution in [0, 0.1) is 13.8 Å². The molecule has 0 spiro atoms. The number of amides is 3. The highest BCUT2D eigenvalue weighted by molar-refractivity contribution is 7.20. The molecule has 2 aromatic carbocycles. The van der Waals surface area contributed by atoms with E-state index in [0.29, 0.717) is 56.4 Å². The summed E-state index contributed by atoms with van der Waals surface area (Å²) < 4.78 is 17.7. The molecule has 0 unspecified atom stereocenters. The third kappa shape index (κ3) is 5.70. The SMILES string of the molecule is COc1cc2ccc1CNC(=O)COc1cc(ccc1C)C(=O)N[C@H]1CN(C(=O)c3sc4nc[nH]c(=O)c4c3C)CC[C@H]1O2. The molecular weight excluding hydrogens is 586 g/mol. The molecule has 3 aliphatic heterocycles. The number of aromatic nitrogens is 2. The number of hydrogen-bond acceptors (Lipinski definition) is 9. The molecule has 4 bridgehead atoms. The molecule has 0 aliphatic carbocycles. The molecule has 0 saturated carbocycles. The Bertz CT molecular complexity index is 1830. The van der Waals surface area contributed by atoms with E-state index in [1.807, 2.05) is 13.0 Å². The zero-order valence-corrected chi connectivity index (χ0v) is 25.2. The van der Waals surface area contributed by atoms with Gasteiger partial charge in [-0.05, 0) is 49.2 Å². The summed E-state index contributed by atoms with van der Waals surface area (Å²) in [6.45, 7) is 4.12. The normalized spacial score (nSPS) is 18.8. The number of aryl methyl sites for hydroxylation is 2. The summed E-state index contributed by atoms with van der Waals surface area (Å²) in [5.74, 6) is 0.532. The Balaban J connectivity index is 1.33. The van der Waals surface area contributed by atoms with Crippen molar-refractivity contribution in [3.05, 3.63) is 80.2 Å². The number of thiophene rings is 1. The van der Waals surface area contributed by atoms with E-state index in [4.69, 9.17) is 14.2 Å². The summed E-state index contributed by atoms with van der Waals surface area (Å²) in [6, 6.07) is 9.80. The molecule has 2 aromatic heterocycles. The van der Waals surface area contributed by atoms with Gasteiger partial charge < -0.3 is 34.7 Å². The largest absolute Gasteiger partial charge is 0.496 e. The van der Waals surface area contributed by atoms with Crippen molar-refractivity contribution in [1.29, 1.82) is 0 Å². The molecule has 44 heavy (non-hydrogen) atoms. The second-order valence-corrected chi connectivity index (χ2v) is 11.8. The second-order valence-electron chi connectivity index (χ2n) is 10.8. The Kier molecular flexibility index (Phi) is 7.95. The predicted molar refractivity (Wildman–Crippen MR) is 163 cm³/mol. The number of ether oxygens (including phenoxy) is 3. The van der Waals surface area contributed by atoms with Gasteiger partial charge in [-0.3, -0.25) is 19.2 Å². The number of likely N-dealkylation sites (tertiary alicyclic amines) is 1. The van der Waals surface area contributed by atoms with Crippen molar-refractivity contribution < 1.29 is 28.6 Å². The first-order valence-corrected chi connectivity index (χ1v) is 14.9. The van der Waals surface area contributed by atoms with Crippen LogP contribution in [0.5, 0.6) is 17.2 Å². The maximum atomic E-state index is 13.8. The number of H-pyrrole nitrogens is 1. The number of aromatic amines is 1. The molecule has 3 N–H and O–H groups in total. The van der Waals surface area contributed by atoms with Crippen LogP contribution in [-0.4, -0.2) is 71.5 Å². The quantitative estimate of drug-likeness (QED) is 0.311. The highest BCUT2D eigenvalue weighted by Crippen LogP contribution is 2.31. The number of benzene rings is 2. The molecule has 1 saturated heterocycles. The van der Waals surface area contributed by atoms with Crippen molar-refractivity contribution in [2.24, 2.45) is 0 Å². The molecule has 5 heterocycles. The summed E-state index contributed by atoms with van der Waals surface area (Å²) in [7, 11) is 1.54. The average molecular weight is 618 g/mol. The van der Waals surface area contributed by atoms with Crippen molar-refractivity contribution in [2.45, 2.75) is 39.0 Å². The van der Waals surface area contributed by atoms with Gasteiger partial charge in [0, 0.05) is 43.2 Å². The molecule has 0 radical (unpaired) electrons. The molecule has 4 aromatic rings. The molecule has 3 amide bonds. The first kappa shape index (κ1) is 29.2. The second kappa shape index (κ2) is 12.0. The smallest absolute Gasteiger partial charge is 0.264 e. The zero-order valence-electron chi connectivity index (χ0n) is 24.4. The molecule has 228 valence electrons. The van der Waals surface area contributed by atoms with Gasteiger partial charge in [0.25, 0.3) is 23.3 Å². The van der Waals surface area contributed by atoms with Crippen LogP contribution in [-0.2, 0) is 11.3 Å². The van der Waals surface area contributed by atoms with E-state index in [0.717, 1.165) is 11.1 Å². The number of rotatable bonds is 2. The van der Waals surface area contributed by atoms with E-state index in [2.05, 4.69) is 20.6 Å². The van der Waals surface area contributed by atoms with E-state index < -0.39 is 12.1 Å². The van der Waals surface area contributed by atoms with Gasteiger partial charge in [0.1, 0.15) is 28.2 Å². The van der Waals surface area contributed by atoms with Crippen molar-refractivity contribution >= 4 is 39.3 Å². The predicted octanol–water partition coefficient (Wildman–Crippen LogP) is 2.71. The Hall–Kier alpha value is -4.91. The molecular formula is C31H31N5O7S. The van der Waals surface area contributed by atoms with E-state index in [-0.39, 0.29) is 43.0 Å². The number of carbonyl (C=O) groups excluding carboxylic acids is 3. The third-order valence-electron chi connectivity index (χ3n) is 7.91. The number of fused-ring (bicyclic) bond motifs is 8. The summed E-state index contributed by atoms with van der Waals surface area (Å²) in [5, 5.41) is 6.30. The van der Waals surface area contributed by atoms with Crippen LogP contribution in [0.4, 0.5) is 0 Å². The molecule has 12 nitrogen and oxygen atoms in total. The fourth-order valence-electron chi connectivity index (χ4n) is 5.48. The summed E-state index contributed by atoms with van der Waals surface area (Å²) in [6.07, 6.45) is 1.29. The summed E-state index contributed by atoms with van der Waals surface area (Å²) in [4.78, 5) is 61.7. The zero-order chi connectivity index (χ0) is 31.0. The minimum atomic E-state index is -0.577.